The molecule has 2 unspecified atom stereocenters. The second-order valence-electron chi connectivity index (χ2n) is 9.19. The maximum absolute atomic E-state index is 10.5. The van der Waals surface area contributed by atoms with Crippen molar-refractivity contribution in [3.8, 4) is 11.5 Å². The minimum atomic E-state index is -0.679. The van der Waals surface area contributed by atoms with Gasteiger partial charge in [0.05, 0.1) is 7.11 Å². The molecule has 1 aliphatic carbocycles. The first-order valence-electron chi connectivity index (χ1n) is 12.3. The van der Waals surface area contributed by atoms with Gasteiger partial charge in [0.15, 0.2) is 0 Å². The van der Waals surface area contributed by atoms with E-state index in [9.17, 15) is 9.90 Å². The van der Waals surface area contributed by atoms with Gasteiger partial charge in [-0.3, -0.25) is 4.79 Å². The number of fused-ring (bicyclic) bond motifs is 1. The number of carboxylic acids is 1. The van der Waals surface area contributed by atoms with Gasteiger partial charge in [-0.15, -0.1) is 0 Å². The summed E-state index contributed by atoms with van der Waals surface area (Å²) in [6.45, 7) is 0. The highest BCUT2D eigenvalue weighted by Crippen LogP contribution is 2.47. The number of phenolic OH excluding ortho intramolecular Hbond substituents is 1. The Kier molecular flexibility index (Phi) is 9.45. The first-order chi connectivity index (χ1) is 15.6. The molecule has 2 aromatic rings. The normalized spacial score (nSPS) is 17.3. The van der Waals surface area contributed by atoms with E-state index in [4.69, 9.17) is 9.84 Å². The molecule has 0 saturated carbocycles. The lowest BCUT2D eigenvalue weighted by molar-refractivity contribution is -0.137. The monoisotopic (exact) mass is 438 g/mol. The maximum atomic E-state index is 10.5. The summed E-state index contributed by atoms with van der Waals surface area (Å²) in [6, 6.07) is 14.3. The number of carboxylic acid groups (broad SMARTS) is 1. The van der Waals surface area contributed by atoms with Crippen LogP contribution in [0.2, 0.25) is 0 Å². The lowest BCUT2D eigenvalue weighted by Gasteiger charge is -2.21. The fourth-order valence-corrected chi connectivity index (χ4v) is 5.15. The molecule has 3 rings (SSSR count). The number of phenols is 1. The van der Waals surface area contributed by atoms with Crippen molar-refractivity contribution in [3.63, 3.8) is 0 Å². The molecule has 32 heavy (non-hydrogen) atoms. The molecular formula is C28H38O4. The molecule has 0 fully saturated rings. The molecule has 4 nitrogen and oxygen atoms in total. The average molecular weight is 439 g/mol. The molecule has 0 amide bonds. The molecule has 2 aromatic carbocycles. The van der Waals surface area contributed by atoms with Crippen LogP contribution in [0, 0.1) is 0 Å². The van der Waals surface area contributed by atoms with E-state index in [2.05, 4.69) is 30.3 Å². The van der Waals surface area contributed by atoms with Crippen LogP contribution in [0.25, 0.3) is 0 Å². The molecule has 2 N–H and O–H groups in total. The van der Waals surface area contributed by atoms with Crippen molar-refractivity contribution in [2.24, 2.45) is 0 Å². The van der Waals surface area contributed by atoms with Gasteiger partial charge in [-0.2, -0.15) is 0 Å². The zero-order valence-electron chi connectivity index (χ0n) is 19.4. The summed E-state index contributed by atoms with van der Waals surface area (Å²) in [7, 11) is 1.72. The summed E-state index contributed by atoms with van der Waals surface area (Å²) in [5, 5.41) is 18.4. The SMILES string of the molecule is COc1ccc2c(c1)CC(c1ccc(O)cc1)C2CCCCCCCCCCCC(=O)O. The smallest absolute Gasteiger partial charge is 0.303 e. The Morgan fingerprint density at radius 2 is 1.53 bits per heavy atom. The molecule has 174 valence electrons. The Morgan fingerprint density at radius 3 is 2.16 bits per heavy atom. The molecular weight excluding hydrogens is 400 g/mol. The van der Waals surface area contributed by atoms with E-state index in [-0.39, 0.29) is 0 Å². The van der Waals surface area contributed by atoms with Crippen LogP contribution in [-0.4, -0.2) is 23.3 Å². The van der Waals surface area contributed by atoms with Crippen LogP contribution in [0.5, 0.6) is 11.5 Å². The number of ether oxygens (including phenoxy) is 1. The number of unbranched alkanes of at least 4 members (excludes halogenated alkanes) is 8. The zero-order valence-corrected chi connectivity index (χ0v) is 19.4. The Balaban J connectivity index is 1.45. The summed E-state index contributed by atoms with van der Waals surface area (Å²) >= 11 is 0. The summed E-state index contributed by atoms with van der Waals surface area (Å²) in [6.07, 6.45) is 13.1. The van der Waals surface area contributed by atoms with E-state index in [0.717, 1.165) is 31.4 Å². The number of methoxy groups -OCH3 is 1. The van der Waals surface area contributed by atoms with Crippen LogP contribution in [0.3, 0.4) is 0 Å². The number of benzene rings is 2. The van der Waals surface area contributed by atoms with Crippen LogP contribution >= 0.6 is 0 Å². The van der Waals surface area contributed by atoms with Gasteiger partial charge in [0, 0.05) is 6.42 Å². The molecule has 0 bridgehead atoms. The zero-order chi connectivity index (χ0) is 22.8. The Morgan fingerprint density at radius 1 is 0.906 bits per heavy atom. The van der Waals surface area contributed by atoms with Crippen LogP contribution in [0.15, 0.2) is 42.5 Å². The quantitative estimate of drug-likeness (QED) is 0.306. The Labute approximate surface area is 192 Å². The second-order valence-corrected chi connectivity index (χ2v) is 9.19. The Hall–Kier alpha value is -2.49. The summed E-state index contributed by atoms with van der Waals surface area (Å²) in [4.78, 5) is 10.5. The number of aromatic hydroxyl groups is 1. The number of hydrogen-bond acceptors (Lipinski definition) is 3. The van der Waals surface area contributed by atoms with E-state index < -0.39 is 5.97 Å². The predicted molar refractivity (Wildman–Crippen MR) is 129 cm³/mol. The van der Waals surface area contributed by atoms with E-state index in [0.29, 0.717) is 24.0 Å². The van der Waals surface area contributed by atoms with Crippen molar-refractivity contribution in [2.45, 2.75) is 88.9 Å². The van der Waals surface area contributed by atoms with Crippen LogP contribution in [0.1, 0.15) is 99.2 Å². The van der Waals surface area contributed by atoms with Crippen molar-refractivity contribution in [1.82, 2.24) is 0 Å². The maximum Gasteiger partial charge on any atom is 0.303 e. The van der Waals surface area contributed by atoms with Crippen molar-refractivity contribution < 1.29 is 19.7 Å². The highest BCUT2D eigenvalue weighted by atomic mass is 16.5. The molecule has 0 saturated heterocycles. The third kappa shape index (κ3) is 7.01. The predicted octanol–water partition coefficient (Wildman–Crippen LogP) is 7.20. The molecule has 0 aromatic heterocycles. The van der Waals surface area contributed by atoms with E-state index in [1.165, 1.54) is 61.6 Å². The van der Waals surface area contributed by atoms with Gasteiger partial charge in [0.2, 0.25) is 0 Å². The number of rotatable bonds is 14. The number of aliphatic carboxylic acids is 1. The van der Waals surface area contributed by atoms with E-state index in [1.54, 1.807) is 19.2 Å². The highest BCUT2D eigenvalue weighted by molar-refractivity contribution is 5.66. The van der Waals surface area contributed by atoms with Gasteiger partial charge in [-0.25, -0.2) is 0 Å². The summed E-state index contributed by atoms with van der Waals surface area (Å²) in [5.74, 6) is 1.56. The highest BCUT2D eigenvalue weighted by Gasteiger charge is 2.33. The molecule has 0 heterocycles. The summed E-state index contributed by atoms with van der Waals surface area (Å²) < 4.78 is 5.45. The van der Waals surface area contributed by atoms with Crippen molar-refractivity contribution in [3.05, 3.63) is 59.2 Å². The van der Waals surface area contributed by atoms with Crippen LogP contribution in [-0.2, 0) is 11.2 Å². The molecule has 0 spiro atoms. The largest absolute Gasteiger partial charge is 0.508 e. The Bertz CT molecular complexity index is 843. The first-order valence-corrected chi connectivity index (χ1v) is 12.3. The third-order valence-corrected chi connectivity index (χ3v) is 6.90. The number of carbonyl (C=O) groups is 1. The fourth-order valence-electron chi connectivity index (χ4n) is 5.15. The lowest BCUT2D eigenvalue weighted by Crippen LogP contribution is -2.06. The van der Waals surface area contributed by atoms with Gasteiger partial charge >= 0.3 is 5.97 Å². The average Bonchev–Trinajstić information content (AvgIpc) is 3.15. The standard InChI is InChI=1S/C28H38O4/c1-32-24-17-18-25-22(19-24)20-27(21-13-15-23(29)16-14-21)26(25)11-9-7-5-3-2-4-6-8-10-12-28(30)31/h13-19,26-27,29H,2-12,20H2,1H3,(H,30,31). The fraction of sp³-hybridized carbons (Fsp3) is 0.536. The topological polar surface area (TPSA) is 66.8 Å². The minimum absolute atomic E-state index is 0.308. The van der Waals surface area contributed by atoms with Crippen LogP contribution in [0.4, 0.5) is 0 Å². The third-order valence-electron chi connectivity index (χ3n) is 6.90. The molecule has 0 radical (unpaired) electrons. The van der Waals surface area contributed by atoms with Gasteiger partial charge in [0.25, 0.3) is 0 Å². The molecule has 2 atom stereocenters. The van der Waals surface area contributed by atoms with E-state index >= 15 is 0 Å². The van der Waals surface area contributed by atoms with Crippen molar-refractivity contribution in [1.29, 1.82) is 0 Å². The molecule has 1 aliphatic rings. The molecule has 0 aliphatic heterocycles. The summed E-state index contributed by atoms with van der Waals surface area (Å²) in [5.41, 5.74) is 4.17. The van der Waals surface area contributed by atoms with Gasteiger partial charge < -0.3 is 14.9 Å². The van der Waals surface area contributed by atoms with Gasteiger partial charge in [-0.05, 0) is 72.1 Å². The van der Waals surface area contributed by atoms with Crippen molar-refractivity contribution in [2.75, 3.05) is 7.11 Å². The second kappa shape index (κ2) is 12.5. The van der Waals surface area contributed by atoms with Gasteiger partial charge in [0.1, 0.15) is 11.5 Å². The number of hydrogen-bond donors (Lipinski definition) is 2. The van der Waals surface area contributed by atoms with Crippen LogP contribution < -0.4 is 4.74 Å². The van der Waals surface area contributed by atoms with Gasteiger partial charge in [-0.1, -0.05) is 69.6 Å². The first kappa shape index (κ1) is 24.2. The lowest BCUT2D eigenvalue weighted by atomic mass is 9.83. The minimum Gasteiger partial charge on any atom is -0.508 e. The molecule has 4 heteroatoms. The van der Waals surface area contributed by atoms with Crippen molar-refractivity contribution >= 4 is 5.97 Å². The van der Waals surface area contributed by atoms with E-state index in [1.807, 2.05) is 0 Å².